The van der Waals surface area contributed by atoms with E-state index < -0.39 is 0 Å². The molecule has 1 heterocycles. The Bertz CT molecular complexity index is 339. The fourth-order valence-corrected chi connectivity index (χ4v) is 2.27. The predicted octanol–water partition coefficient (Wildman–Crippen LogP) is 3.09. The van der Waals surface area contributed by atoms with Gasteiger partial charge >= 0.3 is 0 Å². The second-order valence-corrected chi connectivity index (χ2v) is 4.59. The van der Waals surface area contributed by atoms with Crippen LogP contribution in [0.25, 0.3) is 0 Å². The summed E-state index contributed by atoms with van der Waals surface area (Å²) in [5.41, 5.74) is 4.47. The van der Waals surface area contributed by atoms with E-state index in [0.717, 1.165) is 0 Å². The first-order valence-electron chi connectivity index (χ1n) is 4.90. The van der Waals surface area contributed by atoms with Crippen LogP contribution in [0, 0.1) is 6.92 Å². The van der Waals surface area contributed by atoms with Crippen molar-refractivity contribution >= 4 is 5.69 Å². The smallest absolute Gasteiger partial charge is 0.0384 e. The van der Waals surface area contributed by atoms with Crippen molar-refractivity contribution in [2.75, 3.05) is 5.32 Å². The lowest BCUT2D eigenvalue weighted by molar-refractivity contribution is 0.484. The highest BCUT2D eigenvalue weighted by molar-refractivity contribution is 5.63. The van der Waals surface area contributed by atoms with Crippen LogP contribution in [0.4, 0.5) is 5.69 Å². The molecule has 1 aliphatic heterocycles. The average molecular weight is 175 g/mol. The molecule has 0 radical (unpaired) electrons. The molecule has 2 rings (SSSR count). The van der Waals surface area contributed by atoms with E-state index in [4.69, 9.17) is 0 Å². The largest absolute Gasteiger partial charge is 0.381 e. The molecular weight excluding hydrogens is 158 g/mol. The SMILES string of the molecule is Cc1cccc2c1C(C)(C)C(C)N2. The molecule has 0 saturated heterocycles. The molecular formula is C12H17N. The molecule has 1 heteroatoms. The van der Waals surface area contributed by atoms with Gasteiger partial charge in [0.15, 0.2) is 0 Å². The molecule has 1 atom stereocenters. The molecule has 70 valence electrons. The molecule has 13 heavy (non-hydrogen) atoms. The van der Waals surface area contributed by atoms with Gasteiger partial charge in [-0.25, -0.2) is 0 Å². The molecule has 0 amide bonds. The zero-order valence-electron chi connectivity index (χ0n) is 8.81. The van der Waals surface area contributed by atoms with Crippen molar-refractivity contribution in [1.29, 1.82) is 0 Å². The molecule has 0 spiro atoms. The average Bonchev–Trinajstić information content (AvgIpc) is 2.24. The maximum atomic E-state index is 3.53. The van der Waals surface area contributed by atoms with Crippen LogP contribution in [0.1, 0.15) is 31.9 Å². The highest BCUT2D eigenvalue weighted by atomic mass is 15.0. The van der Waals surface area contributed by atoms with E-state index in [1.807, 2.05) is 0 Å². The van der Waals surface area contributed by atoms with Crippen LogP contribution in [-0.2, 0) is 5.41 Å². The van der Waals surface area contributed by atoms with E-state index in [-0.39, 0.29) is 5.41 Å². The zero-order valence-corrected chi connectivity index (χ0v) is 8.81. The van der Waals surface area contributed by atoms with Gasteiger partial charge in [-0.1, -0.05) is 26.0 Å². The molecule has 1 nitrogen and oxygen atoms in total. The first kappa shape index (κ1) is 8.61. The summed E-state index contributed by atoms with van der Waals surface area (Å²) < 4.78 is 0. The normalized spacial score (nSPS) is 23.8. The Balaban J connectivity index is 2.63. The van der Waals surface area contributed by atoms with Gasteiger partial charge in [0, 0.05) is 17.1 Å². The van der Waals surface area contributed by atoms with Crippen molar-refractivity contribution in [3.8, 4) is 0 Å². The van der Waals surface area contributed by atoms with Gasteiger partial charge in [0.1, 0.15) is 0 Å². The lowest BCUT2D eigenvalue weighted by atomic mass is 9.79. The molecule has 0 fully saturated rings. The Morgan fingerprint density at radius 3 is 2.62 bits per heavy atom. The van der Waals surface area contributed by atoms with Crippen LogP contribution < -0.4 is 5.32 Å². The monoisotopic (exact) mass is 175 g/mol. The van der Waals surface area contributed by atoms with Gasteiger partial charge in [-0.2, -0.15) is 0 Å². The molecule has 0 bridgehead atoms. The van der Waals surface area contributed by atoms with Crippen LogP contribution in [0.3, 0.4) is 0 Å². The lowest BCUT2D eigenvalue weighted by Crippen LogP contribution is -2.30. The van der Waals surface area contributed by atoms with Gasteiger partial charge in [0.05, 0.1) is 0 Å². The Labute approximate surface area is 80.2 Å². The van der Waals surface area contributed by atoms with Crippen molar-refractivity contribution in [2.45, 2.75) is 39.2 Å². The Hall–Kier alpha value is -0.980. The maximum Gasteiger partial charge on any atom is 0.0384 e. The zero-order chi connectivity index (χ0) is 9.64. The summed E-state index contributed by atoms with van der Waals surface area (Å²) in [6.45, 7) is 9.06. The minimum atomic E-state index is 0.265. The molecule has 1 aromatic rings. The van der Waals surface area contributed by atoms with E-state index in [2.05, 4.69) is 51.2 Å². The van der Waals surface area contributed by atoms with Gasteiger partial charge in [-0.05, 0) is 31.0 Å². The summed E-state index contributed by atoms with van der Waals surface area (Å²) in [7, 11) is 0. The summed E-state index contributed by atoms with van der Waals surface area (Å²) >= 11 is 0. The summed E-state index contributed by atoms with van der Waals surface area (Å²) in [6.07, 6.45) is 0. The minimum Gasteiger partial charge on any atom is -0.381 e. The van der Waals surface area contributed by atoms with Crippen LogP contribution >= 0.6 is 0 Å². The number of hydrogen-bond donors (Lipinski definition) is 1. The third-order valence-corrected chi connectivity index (χ3v) is 3.37. The summed E-state index contributed by atoms with van der Waals surface area (Å²) in [5.74, 6) is 0. The fraction of sp³-hybridized carbons (Fsp3) is 0.500. The molecule has 0 aromatic heterocycles. The predicted molar refractivity (Wildman–Crippen MR) is 57.3 cm³/mol. The molecule has 0 saturated carbocycles. The highest BCUT2D eigenvalue weighted by Crippen LogP contribution is 2.42. The van der Waals surface area contributed by atoms with Crippen LogP contribution in [0.15, 0.2) is 18.2 Å². The van der Waals surface area contributed by atoms with Gasteiger partial charge in [-0.15, -0.1) is 0 Å². The van der Waals surface area contributed by atoms with E-state index >= 15 is 0 Å². The molecule has 1 aliphatic rings. The van der Waals surface area contributed by atoms with Crippen LogP contribution in [-0.4, -0.2) is 6.04 Å². The Morgan fingerprint density at radius 2 is 2.00 bits per heavy atom. The van der Waals surface area contributed by atoms with E-state index in [9.17, 15) is 0 Å². The Kier molecular flexibility index (Phi) is 1.66. The molecule has 1 unspecified atom stereocenters. The van der Waals surface area contributed by atoms with Crippen molar-refractivity contribution < 1.29 is 0 Å². The lowest BCUT2D eigenvalue weighted by Gasteiger charge is -2.25. The number of nitrogens with one attached hydrogen (secondary N) is 1. The van der Waals surface area contributed by atoms with Gasteiger partial charge in [0.25, 0.3) is 0 Å². The fourth-order valence-electron chi connectivity index (χ4n) is 2.27. The maximum absolute atomic E-state index is 3.53. The second kappa shape index (κ2) is 2.50. The standard InChI is InChI=1S/C12H17N/c1-8-6-5-7-10-11(8)12(3,4)9(2)13-10/h5-7,9,13H,1-4H3. The third kappa shape index (κ3) is 1.06. The highest BCUT2D eigenvalue weighted by Gasteiger charge is 2.37. The summed E-state index contributed by atoms with van der Waals surface area (Å²) in [4.78, 5) is 0. The number of rotatable bonds is 0. The van der Waals surface area contributed by atoms with Crippen LogP contribution in [0.2, 0.25) is 0 Å². The first-order valence-corrected chi connectivity index (χ1v) is 4.90. The number of benzene rings is 1. The topological polar surface area (TPSA) is 12.0 Å². The van der Waals surface area contributed by atoms with Crippen molar-refractivity contribution in [2.24, 2.45) is 0 Å². The van der Waals surface area contributed by atoms with Gasteiger partial charge < -0.3 is 5.32 Å². The number of aryl methyl sites for hydroxylation is 1. The number of hydrogen-bond acceptors (Lipinski definition) is 1. The molecule has 1 N–H and O–H groups in total. The van der Waals surface area contributed by atoms with Crippen LogP contribution in [0.5, 0.6) is 0 Å². The van der Waals surface area contributed by atoms with E-state index in [1.165, 1.54) is 16.8 Å². The molecule has 1 aromatic carbocycles. The minimum absolute atomic E-state index is 0.265. The quantitative estimate of drug-likeness (QED) is 0.639. The van der Waals surface area contributed by atoms with Crippen molar-refractivity contribution in [1.82, 2.24) is 0 Å². The van der Waals surface area contributed by atoms with E-state index in [1.54, 1.807) is 0 Å². The van der Waals surface area contributed by atoms with Gasteiger partial charge in [-0.3, -0.25) is 0 Å². The number of fused-ring (bicyclic) bond motifs is 1. The van der Waals surface area contributed by atoms with Gasteiger partial charge in [0.2, 0.25) is 0 Å². The number of anilines is 1. The first-order chi connectivity index (χ1) is 6.03. The van der Waals surface area contributed by atoms with Crippen molar-refractivity contribution in [3.63, 3.8) is 0 Å². The van der Waals surface area contributed by atoms with Crippen molar-refractivity contribution in [3.05, 3.63) is 29.3 Å². The Morgan fingerprint density at radius 1 is 1.31 bits per heavy atom. The summed E-state index contributed by atoms with van der Waals surface area (Å²) in [5, 5.41) is 3.53. The van der Waals surface area contributed by atoms with E-state index in [0.29, 0.717) is 6.04 Å². The third-order valence-electron chi connectivity index (χ3n) is 3.37. The summed E-state index contributed by atoms with van der Waals surface area (Å²) in [6, 6.07) is 7.02. The molecule has 0 aliphatic carbocycles. The second-order valence-electron chi connectivity index (χ2n) is 4.59.